The molecule has 1 unspecified atom stereocenters. The number of esters is 3. The van der Waals surface area contributed by atoms with Crippen molar-refractivity contribution >= 4 is 17.9 Å². The second kappa shape index (κ2) is 57.9. The summed E-state index contributed by atoms with van der Waals surface area (Å²) in [5, 5.41) is 0. The first-order valence-corrected chi connectivity index (χ1v) is 29.2. The summed E-state index contributed by atoms with van der Waals surface area (Å²) in [6.45, 7) is 6.48. The fourth-order valence-corrected chi connectivity index (χ4v) is 7.95. The Kier molecular flexibility index (Phi) is 54.9. The van der Waals surface area contributed by atoms with Crippen LogP contribution in [0.15, 0.2) is 97.2 Å². The fraction of sp³-hybridized carbons (Fsp3) is 0.703. The molecule has 0 aliphatic rings. The highest BCUT2D eigenvalue weighted by atomic mass is 16.6. The smallest absolute Gasteiger partial charge is 0.306 e. The van der Waals surface area contributed by atoms with E-state index in [0.717, 1.165) is 122 Å². The SMILES string of the molecule is CC/C=C\C/C=C\C/C=C\C/C=C\C/C=C\C/C=C\C/C=C\CCCCCCCCCC(=O)OCC(COC(=O)CCCCCCCCCC)OC(=O)CCCCCCC/C=C\CCCCCCCC. The van der Waals surface area contributed by atoms with E-state index in [0.29, 0.717) is 19.3 Å². The highest BCUT2D eigenvalue weighted by molar-refractivity contribution is 5.71. The number of carbonyl (C=O) groups excluding carboxylic acids is 3. The largest absolute Gasteiger partial charge is 0.462 e. The minimum Gasteiger partial charge on any atom is -0.462 e. The van der Waals surface area contributed by atoms with Crippen LogP contribution in [-0.4, -0.2) is 37.2 Å². The predicted molar refractivity (Wildman–Crippen MR) is 302 cm³/mol. The van der Waals surface area contributed by atoms with Crippen LogP contribution in [-0.2, 0) is 28.6 Å². The van der Waals surface area contributed by atoms with Gasteiger partial charge in [-0.1, -0.05) is 246 Å². The molecule has 0 spiro atoms. The highest BCUT2D eigenvalue weighted by Crippen LogP contribution is 2.14. The molecule has 0 aromatic carbocycles. The van der Waals surface area contributed by atoms with Gasteiger partial charge in [0.2, 0.25) is 0 Å². The molecule has 0 bridgehead atoms. The molecular weight excluding hydrogens is 865 g/mol. The zero-order valence-electron chi connectivity index (χ0n) is 45.8. The molecule has 0 N–H and O–H groups in total. The Morgan fingerprint density at radius 2 is 0.557 bits per heavy atom. The maximum atomic E-state index is 12.8. The van der Waals surface area contributed by atoms with Crippen LogP contribution in [0, 0.1) is 0 Å². The molecule has 0 amide bonds. The summed E-state index contributed by atoms with van der Waals surface area (Å²) in [7, 11) is 0. The third-order valence-corrected chi connectivity index (χ3v) is 12.3. The highest BCUT2D eigenvalue weighted by Gasteiger charge is 2.19. The van der Waals surface area contributed by atoms with E-state index < -0.39 is 6.10 Å². The average molecular weight is 974 g/mol. The van der Waals surface area contributed by atoms with Gasteiger partial charge in [0.25, 0.3) is 0 Å². The van der Waals surface area contributed by atoms with E-state index in [1.54, 1.807) is 0 Å². The van der Waals surface area contributed by atoms with E-state index >= 15 is 0 Å². The minimum atomic E-state index is -0.784. The van der Waals surface area contributed by atoms with E-state index in [-0.39, 0.29) is 31.1 Å². The van der Waals surface area contributed by atoms with Crippen LogP contribution in [0.3, 0.4) is 0 Å². The Morgan fingerprint density at radius 3 is 0.886 bits per heavy atom. The molecule has 0 saturated carbocycles. The summed E-state index contributed by atoms with van der Waals surface area (Å²) in [6.07, 6.45) is 77.0. The molecular formula is C64H108O6. The molecule has 0 aliphatic carbocycles. The lowest BCUT2D eigenvalue weighted by Gasteiger charge is -2.18. The van der Waals surface area contributed by atoms with Crippen LogP contribution >= 0.6 is 0 Å². The average Bonchev–Trinajstić information content (AvgIpc) is 3.36. The number of unbranched alkanes of at least 4 members (excludes halogenated alkanes) is 25. The van der Waals surface area contributed by atoms with Gasteiger partial charge in [0.1, 0.15) is 13.2 Å². The second-order valence-electron chi connectivity index (χ2n) is 19.2. The Bertz CT molecular complexity index is 1400. The van der Waals surface area contributed by atoms with Gasteiger partial charge < -0.3 is 14.2 Å². The van der Waals surface area contributed by atoms with Gasteiger partial charge in [0.05, 0.1) is 0 Å². The third kappa shape index (κ3) is 55.3. The number of allylic oxidation sites excluding steroid dienone is 16. The monoisotopic (exact) mass is 973 g/mol. The minimum absolute atomic E-state index is 0.0828. The fourth-order valence-electron chi connectivity index (χ4n) is 7.95. The van der Waals surface area contributed by atoms with Gasteiger partial charge in [-0.05, 0) is 103 Å². The van der Waals surface area contributed by atoms with Crippen molar-refractivity contribution in [2.24, 2.45) is 0 Å². The maximum Gasteiger partial charge on any atom is 0.306 e. The molecule has 400 valence electrons. The molecule has 0 saturated heterocycles. The Morgan fingerprint density at radius 1 is 0.300 bits per heavy atom. The lowest BCUT2D eigenvalue weighted by molar-refractivity contribution is -0.167. The molecule has 0 aromatic heterocycles. The summed E-state index contributed by atoms with van der Waals surface area (Å²) in [6, 6.07) is 0. The van der Waals surface area contributed by atoms with Crippen molar-refractivity contribution in [1.29, 1.82) is 0 Å². The van der Waals surface area contributed by atoms with E-state index in [9.17, 15) is 14.4 Å². The van der Waals surface area contributed by atoms with Crippen LogP contribution < -0.4 is 0 Å². The Balaban J connectivity index is 4.22. The summed E-state index contributed by atoms with van der Waals surface area (Å²) in [5.74, 6) is -0.905. The van der Waals surface area contributed by atoms with Crippen LogP contribution in [0.1, 0.15) is 271 Å². The Labute approximate surface area is 432 Å². The molecule has 6 heteroatoms. The number of carbonyl (C=O) groups is 3. The summed E-state index contributed by atoms with van der Waals surface area (Å²) in [5.41, 5.74) is 0. The van der Waals surface area contributed by atoms with Gasteiger partial charge in [0, 0.05) is 19.3 Å². The third-order valence-electron chi connectivity index (χ3n) is 12.3. The normalized spacial score (nSPS) is 12.8. The van der Waals surface area contributed by atoms with E-state index in [4.69, 9.17) is 14.2 Å². The van der Waals surface area contributed by atoms with Crippen molar-refractivity contribution in [1.82, 2.24) is 0 Å². The molecule has 6 nitrogen and oxygen atoms in total. The van der Waals surface area contributed by atoms with E-state index in [2.05, 4.69) is 118 Å². The van der Waals surface area contributed by atoms with Gasteiger partial charge in [-0.3, -0.25) is 14.4 Å². The van der Waals surface area contributed by atoms with Gasteiger partial charge in [-0.25, -0.2) is 0 Å². The number of ether oxygens (including phenoxy) is 3. The summed E-state index contributed by atoms with van der Waals surface area (Å²) in [4.78, 5) is 38.0. The zero-order chi connectivity index (χ0) is 50.7. The summed E-state index contributed by atoms with van der Waals surface area (Å²) >= 11 is 0. The quantitative estimate of drug-likeness (QED) is 0.0262. The molecule has 0 aliphatic heterocycles. The summed E-state index contributed by atoms with van der Waals surface area (Å²) < 4.78 is 16.8. The van der Waals surface area contributed by atoms with Gasteiger partial charge in [-0.15, -0.1) is 0 Å². The van der Waals surface area contributed by atoms with Gasteiger partial charge >= 0.3 is 17.9 Å². The number of hydrogen-bond acceptors (Lipinski definition) is 6. The standard InChI is InChI=1S/C64H108O6/c1-4-7-10-13-16-19-21-23-25-26-27-28-29-30-31-32-33-34-35-36-37-38-40-41-43-45-48-51-54-57-63(66)69-60-61(59-68-62(65)56-53-50-47-18-15-12-9-6-3)70-64(67)58-55-52-49-46-44-42-39-24-22-20-17-14-11-8-5-2/h7,10,16,19,23-25,27-28,30-31,33-34,36-37,39,61H,4-6,8-9,11-15,17-18,20-22,26,29,32,35,38,40-60H2,1-3H3/b10-7-,19-16-,25-23-,28-27-,31-30-,34-33-,37-36-,39-24-. The number of rotatable bonds is 52. The van der Waals surface area contributed by atoms with Crippen molar-refractivity contribution < 1.29 is 28.6 Å². The Hall–Kier alpha value is -3.67. The molecule has 70 heavy (non-hydrogen) atoms. The van der Waals surface area contributed by atoms with Crippen LogP contribution in [0.4, 0.5) is 0 Å². The van der Waals surface area contributed by atoms with Crippen LogP contribution in [0.25, 0.3) is 0 Å². The first kappa shape index (κ1) is 66.3. The zero-order valence-corrected chi connectivity index (χ0v) is 45.8. The molecule has 0 rings (SSSR count). The van der Waals surface area contributed by atoms with Gasteiger partial charge in [0.15, 0.2) is 6.10 Å². The van der Waals surface area contributed by atoms with Crippen LogP contribution in [0.5, 0.6) is 0 Å². The molecule has 0 aromatic rings. The van der Waals surface area contributed by atoms with E-state index in [1.165, 1.54) is 109 Å². The van der Waals surface area contributed by atoms with Gasteiger partial charge in [-0.2, -0.15) is 0 Å². The maximum absolute atomic E-state index is 12.8. The van der Waals surface area contributed by atoms with Crippen molar-refractivity contribution in [3.05, 3.63) is 97.2 Å². The molecule has 1 atom stereocenters. The van der Waals surface area contributed by atoms with Crippen molar-refractivity contribution in [2.75, 3.05) is 13.2 Å². The predicted octanol–water partition coefficient (Wildman–Crippen LogP) is 19.7. The van der Waals surface area contributed by atoms with Crippen molar-refractivity contribution in [2.45, 2.75) is 277 Å². The first-order valence-electron chi connectivity index (χ1n) is 29.2. The van der Waals surface area contributed by atoms with Crippen LogP contribution in [0.2, 0.25) is 0 Å². The molecule has 0 fully saturated rings. The van der Waals surface area contributed by atoms with Crippen molar-refractivity contribution in [3.8, 4) is 0 Å². The number of hydrogen-bond donors (Lipinski definition) is 0. The van der Waals surface area contributed by atoms with Crippen molar-refractivity contribution in [3.63, 3.8) is 0 Å². The molecule has 0 heterocycles. The lowest BCUT2D eigenvalue weighted by atomic mass is 10.1. The van der Waals surface area contributed by atoms with E-state index in [1.807, 2.05) is 0 Å². The molecule has 0 radical (unpaired) electrons. The lowest BCUT2D eigenvalue weighted by Crippen LogP contribution is -2.30. The first-order chi connectivity index (χ1) is 34.5. The topological polar surface area (TPSA) is 78.9 Å². The second-order valence-corrected chi connectivity index (χ2v) is 19.2.